The lowest BCUT2D eigenvalue weighted by Gasteiger charge is -2.35. The van der Waals surface area contributed by atoms with Crippen molar-refractivity contribution >= 4 is 11.6 Å². The molecule has 1 aliphatic rings. The van der Waals surface area contributed by atoms with E-state index in [9.17, 15) is 9.59 Å². The van der Waals surface area contributed by atoms with E-state index >= 15 is 0 Å². The number of piperidine rings is 1. The molecular weight excluding hydrogens is 254 g/mol. The molecule has 1 saturated heterocycles. The third-order valence-corrected chi connectivity index (χ3v) is 4.23. The topological polar surface area (TPSA) is 58.1 Å². The van der Waals surface area contributed by atoms with Crippen molar-refractivity contribution in [1.29, 1.82) is 0 Å². The molecule has 2 atom stereocenters. The molecule has 0 saturated carbocycles. The maximum absolute atomic E-state index is 12.1. The van der Waals surface area contributed by atoms with E-state index in [0.29, 0.717) is 11.6 Å². The van der Waals surface area contributed by atoms with Crippen molar-refractivity contribution in [2.24, 2.45) is 0 Å². The van der Waals surface area contributed by atoms with Crippen LogP contribution in [0.15, 0.2) is 9.59 Å². The van der Waals surface area contributed by atoms with E-state index in [0.717, 1.165) is 19.4 Å². The lowest BCUT2D eigenvalue weighted by molar-refractivity contribution is 0.152. The minimum absolute atomic E-state index is 0.0385. The number of halogens is 1. The Balaban J connectivity index is 2.44. The molecule has 5 nitrogen and oxygen atoms in total. The third-order valence-electron chi connectivity index (χ3n) is 3.85. The number of rotatable bonds is 1. The first-order valence-corrected chi connectivity index (χ1v) is 6.50. The Morgan fingerprint density at radius 1 is 1.39 bits per heavy atom. The normalized spacial score (nSPS) is 25.3. The SMILES string of the molecule is Cc1c(Cl)[nH]c(=O)n(C2CCN(C)C(C)C2)c1=O. The van der Waals surface area contributed by atoms with Crippen molar-refractivity contribution in [1.82, 2.24) is 14.5 Å². The Labute approximate surface area is 110 Å². The van der Waals surface area contributed by atoms with Crippen LogP contribution >= 0.6 is 11.6 Å². The van der Waals surface area contributed by atoms with Crippen molar-refractivity contribution in [2.45, 2.75) is 38.8 Å². The molecule has 0 bridgehead atoms. The summed E-state index contributed by atoms with van der Waals surface area (Å²) < 4.78 is 1.32. The summed E-state index contributed by atoms with van der Waals surface area (Å²) in [6.45, 7) is 4.63. The Morgan fingerprint density at radius 3 is 2.67 bits per heavy atom. The first-order chi connectivity index (χ1) is 8.41. The summed E-state index contributed by atoms with van der Waals surface area (Å²) >= 11 is 5.80. The molecule has 2 unspecified atom stereocenters. The van der Waals surface area contributed by atoms with Crippen LogP contribution in [0, 0.1) is 6.92 Å². The summed E-state index contributed by atoms with van der Waals surface area (Å²) in [5, 5.41) is 0.141. The molecule has 1 aromatic heterocycles. The fourth-order valence-electron chi connectivity index (χ4n) is 2.45. The van der Waals surface area contributed by atoms with Crippen molar-refractivity contribution in [3.8, 4) is 0 Å². The highest BCUT2D eigenvalue weighted by molar-refractivity contribution is 6.30. The van der Waals surface area contributed by atoms with Crippen LogP contribution < -0.4 is 11.2 Å². The summed E-state index contributed by atoms with van der Waals surface area (Å²) in [4.78, 5) is 28.8. The molecule has 6 heteroatoms. The van der Waals surface area contributed by atoms with Crippen molar-refractivity contribution < 1.29 is 0 Å². The summed E-state index contributed by atoms with van der Waals surface area (Å²) in [6.07, 6.45) is 1.62. The Kier molecular flexibility index (Phi) is 3.64. The number of H-pyrrole nitrogens is 1. The molecule has 0 radical (unpaired) electrons. The van der Waals surface area contributed by atoms with Gasteiger partial charge in [-0.25, -0.2) is 4.79 Å². The molecule has 100 valence electrons. The van der Waals surface area contributed by atoms with Gasteiger partial charge in [-0.2, -0.15) is 0 Å². The van der Waals surface area contributed by atoms with E-state index in [1.54, 1.807) is 6.92 Å². The largest absolute Gasteiger partial charge is 0.329 e. The molecule has 1 N–H and O–H groups in total. The molecule has 0 spiro atoms. The molecule has 0 amide bonds. The van der Waals surface area contributed by atoms with Crippen LogP contribution in [-0.4, -0.2) is 34.1 Å². The van der Waals surface area contributed by atoms with Gasteiger partial charge in [-0.05, 0) is 33.7 Å². The van der Waals surface area contributed by atoms with Gasteiger partial charge in [0, 0.05) is 24.2 Å². The van der Waals surface area contributed by atoms with E-state index in [-0.39, 0.29) is 16.8 Å². The first kappa shape index (κ1) is 13.4. The lowest BCUT2D eigenvalue weighted by atomic mass is 9.98. The molecule has 0 aliphatic carbocycles. The Hall–Kier alpha value is -1.07. The highest BCUT2D eigenvalue weighted by atomic mass is 35.5. The quantitative estimate of drug-likeness (QED) is 0.780. The molecule has 2 heterocycles. The first-order valence-electron chi connectivity index (χ1n) is 6.13. The van der Waals surface area contributed by atoms with Gasteiger partial charge in [-0.1, -0.05) is 11.6 Å². The number of aromatic amines is 1. The van der Waals surface area contributed by atoms with Crippen molar-refractivity contribution in [2.75, 3.05) is 13.6 Å². The molecule has 1 aliphatic heterocycles. The predicted molar refractivity (Wildman–Crippen MR) is 71.4 cm³/mol. The van der Waals surface area contributed by atoms with Gasteiger partial charge in [0.05, 0.1) is 0 Å². The molecular formula is C12H18ClN3O2. The number of aromatic nitrogens is 2. The zero-order valence-corrected chi connectivity index (χ0v) is 11.6. The van der Waals surface area contributed by atoms with Gasteiger partial charge >= 0.3 is 5.69 Å². The Morgan fingerprint density at radius 2 is 2.06 bits per heavy atom. The van der Waals surface area contributed by atoms with E-state index in [1.165, 1.54) is 4.57 Å². The number of likely N-dealkylation sites (tertiary alicyclic amines) is 1. The second kappa shape index (κ2) is 4.90. The fourth-order valence-corrected chi connectivity index (χ4v) is 2.61. The van der Waals surface area contributed by atoms with E-state index in [2.05, 4.69) is 23.9 Å². The summed E-state index contributed by atoms with van der Waals surface area (Å²) in [5.41, 5.74) is -0.272. The van der Waals surface area contributed by atoms with Gasteiger partial charge in [0.2, 0.25) is 0 Å². The van der Waals surface area contributed by atoms with Crippen molar-refractivity contribution in [3.63, 3.8) is 0 Å². The minimum Gasteiger partial charge on any atom is -0.304 e. The van der Waals surface area contributed by atoms with Crippen LogP contribution in [0.1, 0.15) is 31.4 Å². The zero-order chi connectivity index (χ0) is 13.4. The Bertz CT molecular complexity index is 563. The number of nitrogens with zero attached hydrogens (tertiary/aromatic N) is 2. The average Bonchev–Trinajstić information content (AvgIpc) is 2.31. The molecule has 1 aromatic rings. The van der Waals surface area contributed by atoms with Crippen LogP contribution in [0.25, 0.3) is 0 Å². The van der Waals surface area contributed by atoms with Gasteiger partial charge in [-0.15, -0.1) is 0 Å². The van der Waals surface area contributed by atoms with E-state index in [4.69, 9.17) is 11.6 Å². The van der Waals surface area contributed by atoms with Crippen molar-refractivity contribution in [3.05, 3.63) is 31.6 Å². The average molecular weight is 272 g/mol. The fraction of sp³-hybridized carbons (Fsp3) is 0.667. The van der Waals surface area contributed by atoms with Crippen LogP contribution in [-0.2, 0) is 0 Å². The summed E-state index contributed by atoms with van der Waals surface area (Å²) in [7, 11) is 2.06. The van der Waals surface area contributed by atoms with E-state index in [1.807, 2.05) is 0 Å². The summed E-state index contributed by atoms with van der Waals surface area (Å²) in [6, 6.07) is 0.328. The number of nitrogens with one attached hydrogen (secondary N) is 1. The van der Waals surface area contributed by atoms with Crippen LogP contribution in [0.4, 0.5) is 0 Å². The second-order valence-corrected chi connectivity index (χ2v) is 5.43. The zero-order valence-electron chi connectivity index (χ0n) is 10.9. The standard InChI is InChI=1S/C12H18ClN3O2/c1-7-6-9(4-5-15(7)3)16-11(17)8(2)10(13)14-12(16)18/h7,9H,4-6H2,1-3H3,(H,14,18). The summed E-state index contributed by atoms with van der Waals surface area (Å²) in [5.74, 6) is 0. The van der Waals surface area contributed by atoms with Gasteiger partial charge in [0.15, 0.2) is 0 Å². The van der Waals surface area contributed by atoms with Gasteiger partial charge in [-0.3, -0.25) is 14.3 Å². The molecule has 0 aromatic carbocycles. The maximum atomic E-state index is 12.1. The van der Waals surface area contributed by atoms with Crippen LogP contribution in [0.2, 0.25) is 5.15 Å². The second-order valence-electron chi connectivity index (χ2n) is 5.05. The highest BCUT2D eigenvalue weighted by Crippen LogP contribution is 2.23. The minimum atomic E-state index is -0.405. The number of hydrogen-bond acceptors (Lipinski definition) is 3. The van der Waals surface area contributed by atoms with E-state index < -0.39 is 5.69 Å². The number of hydrogen-bond donors (Lipinski definition) is 1. The smallest absolute Gasteiger partial charge is 0.304 e. The van der Waals surface area contributed by atoms with Gasteiger partial charge < -0.3 is 4.90 Å². The van der Waals surface area contributed by atoms with Crippen LogP contribution in [0.5, 0.6) is 0 Å². The van der Waals surface area contributed by atoms with Crippen LogP contribution in [0.3, 0.4) is 0 Å². The predicted octanol–water partition coefficient (Wildman–Crippen LogP) is 1.15. The maximum Gasteiger partial charge on any atom is 0.329 e. The lowest BCUT2D eigenvalue weighted by Crippen LogP contribution is -2.46. The molecule has 2 rings (SSSR count). The molecule has 1 fully saturated rings. The third kappa shape index (κ3) is 2.24. The monoisotopic (exact) mass is 271 g/mol. The van der Waals surface area contributed by atoms with Gasteiger partial charge in [0.25, 0.3) is 5.56 Å². The van der Waals surface area contributed by atoms with Gasteiger partial charge in [0.1, 0.15) is 5.15 Å². The highest BCUT2D eigenvalue weighted by Gasteiger charge is 2.26. The molecule has 18 heavy (non-hydrogen) atoms.